The minimum atomic E-state index is -0.345. The maximum Gasteiger partial charge on any atom is 0.317 e. The highest BCUT2D eigenvalue weighted by atomic mass is 16.7. The second-order valence-corrected chi connectivity index (χ2v) is 9.14. The predicted octanol–water partition coefficient (Wildman–Crippen LogP) is 3.66. The summed E-state index contributed by atoms with van der Waals surface area (Å²) >= 11 is 0. The fraction of sp³-hybridized carbons (Fsp3) is 0.481. The van der Waals surface area contributed by atoms with Crippen LogP contribution < -0.4 is 29.6 Å². The van der Waals surface area contributed by atoms with Gasteiger partial charge in [-0.1, -0.05) is 25.5 Å². The van der Waals surface area contributed by atoms with Crippen LogP contribution in [-0.2, 0) is 11.3 Å². The highest BCUT2D eigenvalue weighted by molar-refractivity contribution is 5.81. The Hall–Kier alpha value is -3.62. The minimum absolute atomic E-state index is 0.0169. The largest absolute Gasteiger partial charge is 0.493 e. The molecule has 2 aliphatic rings. The van der Waals surface area contributed by atoms with Crippen molar-refractivity contribution in [2.75, 3.05) is 40.6 Å². The fourth-order valence-corrected chi connectivity index (χ4v) is 4.67. The van der Waals surface area contributed by atoms with E-state index >= 15 is 0 Å². The number of carbonyl (C=O) groups excluding carboxylic acids is 2. The summed E-state index contributed by atoms with van der Waals surface area (Å²) in [4.78, 5) is 28.0. The van der Waals surface area contributed by atoms with Crippen LogP contribution in [0.25, 0.3) is 0 Å². The number of unbranched alkanes of at least 4 members (excludes halogenated alkanes) is 1. The molecular formula is C27H35N3O6. The van der Waals surface area contributed by atoms with Crippen LogP contribution in [0.15, 0.2) is 36.4 Å². The molecule has 2 unspecified atom stereocenters. The van der Waals surface area contributed by atoms with E-state index in [2.05, 4.69) is 17.6 Å². The molecule has 2 aliphatic heterocycles. The van der Waals surface area contributed by atoms with Crippen molar-refractivity contribution in [3.63, 3.8) is 0 Å². The number of nitrogens with one attached hydrogen (secondary N) is 2. The van der Waals surface area contributed by atoms with E-state index in [1.165, 1.54) is 0 Å². The van der Waals surface area contributed by atoms with Crippen LogP contribution in [0.3, 0.4) is 0 Å². The number of ether oxygens (including phenoxy) is 4. The van der Waals surface area contributed by atoms with E-state index in [-0.39, 0.29) is 30.6 Å². The zero-order valence-corrected chi connectivity index (χ0v) is 21.2. The number of hydrogen-bond donors (Lipinski definition) is 2. The number of hydrogen-bond acceptors (Lipinski definition) is 6. The van der Waals surface area contributed by atoms with Crippen LogP contribution in [-0.4, -0.2) is 57.5 Å². The Morgan fingerprint density at radius 3 is 2.58 bits per heavy atom. The van der Waals surface area contributed by atoms with Gasteiger partial charge in [-0.05, 0) is 48.2 Å². The summed E-state index contributed by atoms with van der Waals surface area (Å²) in [5.74, 6) is 2.22. The number of fused-ring (bicyclic) bond motifs is 1. The van der Waals surface area contributed by atoms with Gasteiger partial charge in [-0.25, -0.2) is 4.79 Å². The van der Waals surface area contributed by atoms with Crippen LogP contribution in [0.4, 0.5) is 4.79 Å². The van der Waals surface area contributed by atoms with E-state index in [0.717, 1.165) is 24.0 Å². The molecule has 1 fully saturated rings. The van der Waals surface area contributed by atoms with E-state index in [9.17, 15) is 9.59 Å². The van der Waals surface area contributed by atoms with Gasteiger partial charge < -0.3 is 34.5 Å². The lowest BCUT2D eigenvalue weighted by atomic mass is 9.84. The molecule has 4 rings (SSSR count). The molecule has 0 bridgehead atoms. The van der Waals surface area contributed by atoms with Gasteiger partial charge in [0.2, 0.25) is 12.7 Å². The molecule has 0 aromatic heterocycles. The maximum atomic E-state index is 13.3. The van der Waals surface area contributed by atoms with Gasteiger partial charge in [-0.3, -0.25) is 4.79 Å². The third-order valence-electron chi connectivity index (χ3n) is 6.70. The van der Waals surface area contributed by atoms with Crippen molar-refractivity contribution in [3.8, 4) is 23.0 Å². The lowest BCUT2D eigenvalue weighted by molar-refractivity contribution is -0.126. The summed E-state index contributed by atoms with van der Waals surface area (Å²) in [6, 6.07) is 11.3. The first-order valence-electron chi connectivity index (χ1n) is 12.4. The van der Waals surface area contributed by atoms with Gasteiger partial charge in [0.05, 0.1) is 20.1 Å². The predicted molar refractivity (Wildman–Crippen MR) is 135 cm³/mol. The summed E-state index contributed by atoms with van der Waals surface area (Å²) in [7, 11) is 3.20. The Kier molecular flexibility index (Phi) is 8.40. The lowest BCUT2D eigenvalue weighted by Gasteiger charge is -2.37. The van der Waals surface area contributed by atoms with E-state index in [1.54, 1.807) is 19.1 Å². The summed E-state index contributed by atoms with van der Waals surface area (Å²) in [5, 5.41) is 6.04. The van der Waals surface area contributed by atoms with Crippen LogP contribution in [0, 0.1) is 5.92 Å². The monoisotopic (exact) mass is 497 g/mol. The van der Waals surface area contributed by atoms with Gasteiger partial charge in [0.25, 0.3) is 0 Å². The molecule has 2 aromatic carbocycles. The van der Waals surface area contributed by atoms with Gasteiger partial charge in [0.15, 0.2) is 23.0 Å². The van der Waals surface area contributed by atoms with Crippen molar-refractivity contribution in [1.29, 1.82) is 0 Å². The quantitative estimate of drug-likeness (QED) is 0.513. The molecule has 36 heavy (non-hydrogen) atoms. The number of nitrogens with zero attached hydrogens (tertiary/aromatic N) is 1. The van der Waals surface area contributed by atoms with E-state index in [0.29, 0.717) is 55.6 Å². The number of methoxy groups -OCH3 is 2. The first-order chi connectivity index (χ1) is 17.5. The fourth-order valence-electron chi connectivity index (χ4n) is 4.67. The van der Waals surface area contributed by atoms with Crippen molar-refractivity contribution in [3.05, 3.63) is 47.5 Å². The molecule has 3 amide bonds. The standard InChI is InChI=1S/C27H35N3O6/c1-4-5-10-28-27(32)30-15-20(19-7-9-22(33-2)24(13-19)34-3)12-21(16-30)26(31)29-14-18-6-8-23-25(11-18)36-17-35-23/h6-9,11,13,20-21H,4-5,10,12,14-17H2,1-3H3,(H,28,32)(H,29,31). The second kappa shape index (κ2) is 11.9. The number of likely N-dealkylation sites (tertiary alicyclic amines) is 1. The molecule has 0 aliphatic carbocycles. The Labute approximate surface area is 212 Å². The number of piperidine rings is 1. The van der Waals surface area contributed by atoms with Crippen LogP contribution >= 0.6 is 0 Å². The summed E-state index contributed by atoms with van der Waals surface area (Å²) < 4.78 is 21.7. The highest BCUT2D eigenvalue weighted by Gasteiger charge is 2.35. The van der Waals surface area contributed by atoms with Crippen molar-refractivity contribution < 1.29 is 28.5 Å². The first kappa shape index (κ1) is 25.5. The number of carbonyl (C=O) groups is 2. The molecule has 0 spiro atoms. The van der Waals surface area contributed by atoms with Crippen LogP contribution in [0.2, 0.25) is 0 Å². The average Bonchev–Trinajstić information content (AvgIpc) is 3.39. The van der Waals surface area contributed by atoms with Crippen LogP contribution in [0.1, 0.15) is 43.2 Å². The normalized spacial score (nSPS) is 18.5. The lowest BCUT2D eigenvalue weighted by Crippen LogP contribution is -2.51. The van der Waals surface area contributed by atoms with Gasteiger partial charge in [-0.2, -0.15) is 0 Å². The smallest absolute Gasteiger partial charge is 0.317 e. The molecule has 1 saturated heterocycles. The van der Waals surface area contributed by atoms with E-state index in [1.807, 2.05) is 36.4 Å². The molecule has 2 N–H and O–H groups in total. The second-order valence-electron chi connectivity index (χ2n) is 9.14. The molecule has 9 heteroatoms. The Morgan fingerprint density at radius 1 is 1.00 bits per heavy atom. The summed E-state index contributed by atoms with van der Waals surface area (Å²) in [6.07, 6.45) is 2.54. The molecule has 2 atom stereocenters. The Morgan fingerprint density at radius 2 is 1.81 bits per heavy atom. The van der Waals surface area contributed by atoms with Gasteiger partial charge in [0, 0.05) is 32.1 Å². The SMILES string of the molecule is CCCCNC(=O)N1CC(C(=O)NCc2ccc3c(c2)OCO3)CC(c2ccc(OC)c(OC)c2)C1. The Bertz CT molecular complexity index is 1080. The molecule has 194 valence electrons. The summed E-state index contributed by atoms with van der Waals surface area (Å²) in [6.45, 7) is 4.18. The third-order valence-corrected chi connectivity index (χ3v) is 6.70. The molecular weight excluding hydrogens is 462 g/mol. The van der Waals surface area contributed by atoms with E-state index < -0.39 is 0 Å². The molecule has 9 nitrogen and oxygen atoms in total. The zero-order chi connectivity index (χ0) is 25.5. The highest BCUT2D eigenvalue weighted by Crippen LogP contribution is 2.36. The first-order valence-corrected chi connectivity index (χ1v) is 12.4. The molecule has 2 aromatic rings. The van der Waals surface area contributed by atoms with Gasteiger partial charge >= 0.3 is 6.03 Å². The minimum Gasteiger partial charge on any atom is -0.493 e. The van der Waals surface area contributed by atoms with Crippen molar-refractivity contribution in [2.45, 2.75) is 38.6 Å². The number of urea groups is 1. The molecule has 2 heterocycles. The van der Waals surface area contributed by atoms with Crippen LogP contribution in [0.5, 0.6) is 23.0 Å². The average molecular weight is 498 g/mol. The zero-order valence-electron chi connectivity index (χ0n) is 21.2. The van der Waals surface area contributed by atoms with Gasteiger partial charge in [0.1, 0.15) is 0 Å². The van der Waals surface area contributed by atoms with Crippen molar-refractivity contribution in [2.24, 2.45) is 5.92 Å². The summed E-state index contributed by atoms with van der Waals surface area (Å²) in [5.41, 5.74) is 1.93. The molecule has 0 radical (unpaired) electrons. The Balaban J connectivity index is 1.48. The number of rotatable bonds is 9. The topological polar surface area (TPSA) is 98.4 Å². The molecule has 0 saturated carbocycles. The number of amides is 3. The third kappa shape index (κ3) is 5.95. The maximum absolute atomic E-state index is 13.3. The van der Waals surface area contributed by atoms with Gasteiger partial charge in [-0.15, -0.1) is 0 Å². The van der Waals surface area contributed by atoms with Crippen molar-refractivity contribution in [1.82, 2.24) is 15.5 Å². The number of benzene rings is 2. The van der Waals surface area contributed by atoms with E-state index in [4.69, 9.17) is 18.9 Å². The van der Waals surface area contributed by atoms with Crippen molar-refractivity contribution >= 4 is 11.9 Å².